The van der Waals surface area contributed by atoms with Crippen LogP contribution in [0.15, 0.2) is 31.7 Å². The number of thioether (sulfide) groups is 2. The zero-order valence-corrected chi connectivity index (χ0v) is 23.8. The van der Waals surface area contributed by atoms with Crippen molar-refractivity contribution in [2.75, 3.05) is 23.8 Å². The van der Waals surface area contributed by atoms with Crippen LogP contribution in [0, 0.1) is 0 Å². The Morgan fingerprint density at radius 1 is 1.41 bits per heavy atom. The number of nitrogens with zero attached hydrogens (tertiary/aromatic N) is 5. The van der Waals surface area contributed by atoms with E-state index >= 15 is 0 Å². The lowest BCUT2D eigenvalue weighted by molar-refractivity contribution is -0.150. The molecule has 4 heterocycles. The minimum Gasteiger partial charge on any atom is -0.477 e. The highest BCUT2D eigenvalue weighted by Gasteiger charge is 2.54. The predicted molar refractivity (Wildman–Crippen MR) is 147 cm³/mol. The Hall–Kier alpha value is -2.15. The second kappa shape index (κ2) is 13.6. The molecule has 2 aliphatic rings. The minimum absolute atomic E-state index is 0. The van der Waals surface area contributed by atoms with Crippen LogP contribution in [0.4, 0.5) is 5.13 Å². The SMILES string of the molecule is CC(N)CO/N=C(\C(=O)NC1C(=O)N2C(C(=O)O)=C(CSc3nncs3)CS[C@H]12)c1csc(N)n1.Cl.Cl. The van der Waals surface area contributed by atoms with Gasteiger partial charge in [0, 0.05) is 22.9 Å². The number of carboxylic acids is 1. The maximum absolute atomic E-state index is 13.0. The van der Waals surface area contributed by atoms with Crippen LogP contribution in [0.3, 0.4) is 0 Å². The summed E-state index contributed by atoms with van der Waals surface area (Å²) in [5.41, 5.74) is 13.5. The molecular formula is C18H22Cl2N8O5S4. The molecule has 13 nitrogen and oxygen atoms in total. The molecule has 2 aliphatic heterocycles. The molecule has 0 aromatic carbocycles. The number of nitrogen functional groups attached to an aromatic ring is 1. The maximum Gasteiger partial charge on any atom is 0.352 e. The lowest BCUT2D eigenvalue weighted by atomic mass is 10.0. The van der Waals surface area contributed by atoms with Gasteiger partial charge in [-0.05, 0) is 12.5 Å². The fourth-order valence-electron chi connectivity index (χ4n) is 3.20. The van der Waals surface area contributed by atoms with Crippen molar-refractivity contribution in [3.63, 3.8) is 0 Å². The highest BCUT2D eigenvalue weighted by atomic mass is 35.5. The Morgan fingerprint density at radius 2 is 2.16 bits per heavy atom. The Morgan fingerprint density at radius 3 is 2.76 bits per heavy atom. The highest BCUT2D eigenvalue weighted by Crippen LogP contribution is 2.41. The summed E-state index contributed by atoms with van der Waals surface area (Å²) in [5, 5.41) is 25.2. The number of fused-ring (bicyclic) bond motifs is 1. The third-order valence-electron chi connectivity index (χ3n) is 4.72. The Labute approximate surface area is 239 Å². The van der Waals surface area contributed by atoms with Gasteiger partial charge in [-0.25, -0.2) is 9.78 Å². The number of aliphatic carboxylic acids is 1. The molecule has 2 aromatic rings. The predicted octanol–water partition coefficient (Wildman–Crippen LogP) is 1.02. The lowest BCUT2D eigenvalue weighted by Gasteiger charge is -2.49. The number of thiazole rings is 1. The third-order valence-corrected chi connectivity index (χ3v) is 8.68. The average Bonchev–Trinajstić information content (AvgIpc) is 3.49. The number of aromatic nitrogens is 3. The fourth-order valence-corrected chi connectivity index (χ4v) is 6.72. The molecule has 19 heteroatoms. The Kier molecular flexibility index (Phi) is 11.4. The number of β-lactam (4-membered cyclic amide) rings is 1. The molecule has 0 bridgehead atoms. The number of halogens is 2. The van der Waals surface area contributed by atoms with E-state index in [1.165, 1.54) is 39.8 Å². The van der Waals surface area contributed by atoms with Gasteiger partial charge in [-0.1, -0.05) is 28.3 Å². The van der Waals surface area contributed by atoms with Gasteiger partial charge in [-0.15, -0.1) is 58.1 Å². The summed E-state index contributed by atoms with van der Waals surface area (Å²) in [5.74, 6) is -1.69. The van der Waals surface area contributed by atoms with E-state index in [-0.39, 0.29) is 59.7 Å². The van der Waals surface area contributed by atoms with Crippen molar-refractivity contribution in [3.8, 4) is 0 Å². The number of carboxylic acid groups (broad SMARTS) is 1. The number of hydrogen-bond acceptors (Lipinski definition) is 14. The molecule has 0 saturated carbocycles. The van der Waals surface area contributed by atoms with Gasteiger partial charge in [0.05, 0.1) is 0 Å². The molecule has 202 valence electrons. The van der Waals surface area contributed by atoms with E-state index in [2.05, 4.69) is 25.7 Å². The van der Waals surface area contributed by atoms with Crippen molar-refractivity contribution in [1.29, 1.82) is 0 Å². The van der Waals surface area contributed by atoms with Crippen molar-refractivity contribution >= 4 is 99.6 Å². The summed E-state index contributed by atoms with van der Waals surface area (Å²) >= 11 is 5.19. The van der Waals surface area contributed by atoms with Crippen LogP contribution in [0.25, 0.3) is 0 Å². The van der Waals surface area contributed by atoms with Gasteiger partial charge in [0.25, 0.3) is 11.8 Å². The molecule has 37 heavy (non-hydrogen) atoms. The first-order chi connectivity index (χ1) is 16.8. The first-order valence-electron chi connectivity index (χ1n) is 10.0. The topological polar surface area (TPSA) is 199 Å². The van der Waals surface area contributed by atoms with E-state index < -0.39 is 29.2 Å². The van der Waals surface area contributed by atoms with Gasteiger partial charge in [0.2, 0.25) is 0 Å². The maximum atomic E-state index is 13.0. The van der Waals surface area contributed by atoms with Crippen LogP contribution in [-0.4, -0.2) is 84.3 Å². The Balaban J connectivity index is 0.00000241. The number of nitrogens with two attached hydrogens (primary N) is 2. The molecule has 2 aromatic heterocycles. The molecule has 6 N–H and O–H groups in total. The second-order valence-corrected chi connectivity index (χ2v) is 11.4. The molecule has 1 saturated heterocycles. The number of amides is 2. The quantitative estimate of drug-likeness (QED) is 0.126. The summed E-state index contributed by atoms with van der Waals surface area (Å²) in [7, 11) is 0. The number of rotatable bonds is 10. The Bertz CT molecular complexity index is 1190. The van der Waals surface area contributed by atoms with Gasteiger partial charge < -0.3 is 26.7 Å². The molecule has 3 atom stereocenters. The van der Waals surface area contributed by atoms with E-state index in [9.17, 15) is 19.5 Å². The van der Waals surface area contributed by atoms with Crippen molar-refractivity contribution in [2.45, 2.75) is 28.7 Å². The average molecular weight is 630 g/mol. The number of carbonyl (C=O) groups excluding carboxylic acids is 2. The molecule has 0 radical (unpaired) electrons. The van der Waals surface area contributed by atoms with Crippen LogP contribution in [0.5, 0.6) is 0 Å². The van der Waals surface area contributed by atoms with Crippen LogP contribution < -0.4 is 16.8 Å². The molecule has 0 aliphatic carbocycles. The summed E-state index contributed by atoms with van der Waals surface area (Å²) in [6.07, 6.45) is 0. The minimum atomic E-state index is -1.20. The molecule has 2 unspecified atom stereocenters. The standard InChI is InChI=1S/C18H20N8O5S4.2ClH/c1-7(19)2-31-25-10(9-5-33-17(20)22-9)13(27)23-11-14(28)26-12(16(29)30)8(3-32-15(11)26)4-34-18-24-21-6-35-18;;/h5-7,11,15H,2-4,19H2,1H3,(H2,20,22)(H,23,27)(H,29,30);2*1H/b25-10-;;/t7?,11?,15-;;/m1../s1. The van der Waals surface area contributed by atoms with Gasteiger partial charge in [0.1, 0.15) is 34.9 Å². The molecule has 4 rings (SSSR count). The third kappa shape index (κ3) is 7.04. The largest absolute Gasteiger partial charge is 0.477 e. The van der Waals surface area contributed by atoms with E-state index in [1.54, 1.807) is 17.8 Å². The summed E-state index contributed by atoms with van der Waals surface area (Å²) < 4.78 is 0.704. The first kappa shape index (κ1) is 31.1. The van der Waals surface area contributed by atoms with Crippen molar-refractivity contribution in [3.05, 3.63) is 27.9 Å². The smallest absolute Gasteiger partial charge is 0.352 e. The van der Waals surface area contributed by atoms with Crippen LogP contribution >= 0.6 is 71.0 Å². The van der Waals surface area contributed by atoms with Gasteiger partial charge in [0.15, 0.2) is 15.2 Å². The van der Waals surface area contributed by atoms with Gasteiger partial charge >= 0.3 is 5.97 Å². The summed E-state index contributed by atoms with van der Waals surface area (Å²) in [4.78, 5) is 48.4. The first-order valence-corrected chi connectivity index (χ1v) is 13.8. The second-order valence-electron chi connectivity index (χ2n) is 7.40. The fraction of sp³-hybridized carbons (Fsp3) is 0.389. The van der Waals surface area contributed by atoms with E-state index in [1.807, 2.05) is 0 Å². The molecular weight excluding hydrogens is 607 g/mol. The number of carbonyl (C=O) groups is 3. The summed E-state index contributed by atoms with van der Waals surface area (Å²) in [6, 6.07) is -1.25. The molecule has 0 spiro atoms. The number of anilines is 1. The van der Waals surface area contributed by atoms with Crippen LogP contribution in [-0.2, 0) is 19.2 Å². The highest BCUT2D eigenvalue weighted by molar-refractivity contribution is 8.01. The number of hydrogen-bond donors (Lipinski definition) is 4. The summed E-state index contributed by atoms with van der Waals surface area (Å²) in [6.45, 7) is 1.78. The molecule has 1 fully saturated rings. The van der Waals surface area contributed by atoms with E-state index in [0.717, 1.165) is 11.3 Å². The number of oxime groups is 1. The normalized spacial score (nSPS) is 19.7. The zero-order valence-electron chi connectivity index (χ0n) is 18.9. The van der Waals surface area contributed by atoms with Gasteiger partial charge in [-0.2, -0.15) is 0 Å². The number of nitrogens with one attached hydrogen (secondary N) is 1. The molecule has 2 amide bonds. The van der Waals surface area contributed by atoms with Crippen molar-refractivity contribution in [2.24, 2.45) is 10.9 Å². The van der Waals surface area contributed by atoms with Gasteiger partial charge in [-0.3, -0.25) is 14.5 Å². The van der Waals surface area contributed by atoms with Crippen LogP contribution in [0.2, 0.25) is 0 Å². The van der Waals surface area contributed by atoms with E-state index in [0.29, 0.717) is 21.4 Å². The van der Waals surface area contributed by atoms with Crippen molar-refractivity contribution < 1.29 is 24.3 Å². The van der Waals surface area contributed by atoms with Crippen molar-refractivity contribution in [1.82, 2.24) is 25.4 Å². The van der Waals surface area contributed by atoms with Crippen LogP contribution in [0.1, 0.15) is 12.6 Å². The zero-order chi connectivity index (χ0) is 25.1. The monoisotopic (exact) mass is 628 g/mol. The van der Waals surface area contributed by atoms with E-state index in [4.69, 9.17) is 16.3 Å². The lowest BCUT2D eigenvalue weighted by Crippen LogP contribution is -2.71.